The molecule has 13 heavy (non-hydrogen) atoms. The molecule has 0 amide bonds. The van der Waals surface area contributed by atoms with E-state index < -0.39 is 0 Å². The Labute approximate surface area is 83.7 Å². The summed E-state index contributed by atoms with van der Waals surface area (Å²) in [7, 11) is 0. The molecular weight excluding hydrogens is 204 g/mol. The largest absolute Gasteiger partial charge is 0.506 e. The Morgan fingerprint density at radius 3 is 2.38 bits per heavy atom. The highest BCUT2D eigenvalue weighted by Gasteiger charge is 2.11. The van der Waals surface area contributed by atoms with Gasteiger partial charge in [-0.15, -0.1) is 22.7 Å². The van der Waals surface area contributed by atoms with Crippen molar-refractivity contribution in [2.45, 2.75) is 6.61 Å². The van der Waals surface area contributed by atoms with E-state index in [9.17, 15) is 5.11 Å². The van der Waals surface area contributed by atoms with Crippen molar-refractivity contribution in [1.82, 2.24) is 0 Å². The zero-order valence-electron chi connectivity index (χ0n) is 6.73. The van der Waals surface area contributed by atoms with Crippen LogP contribution in [0.25, 0.3) is 9.75 Å². The lowest BCUT2D eigenvalue weighted by Gasteiger charge is -1.97. The molecule has 0 fully saturated rings. The third-order valence-electron chi connectivity index (χ3n) is 1.77. The minimum atomic E-state index is 0.0240. The van der Waals surface area contributed by atoms with Gasteiger partial charge in [0.15, 0.2) is 0 Å². The van der Waals surface area contributed by atoms with Gasteiger partial charge in [0.2, 0.25) is 0 Å². The Hall–Kier alpha value is -0.840. The quantitative estimate of drug-likeness (QED) is 0.803. The second-order valence-corrected chi connectivity index (χ2v) is 4.40. The number of aromatic hydroxyl groups is 1. The zero-order chi connectivity index (χ0) is 9.26. The maximum atomic E-state index is 9.48. The molecule has 2 N–H and O–H groups in total. The maximum absolute atomic E-state index is 9.48. The third kappa shape index (κ3) is 1.48. The van der Waals surface area contributed by atoms with E-state index in [1.54, 1.807) is 6.07 Å². The van der Waals surface area contributed by atoms with Gasteiger partial charge >= 0.3 is 0 Å². The van der Waals surface area contributed by atoms with E-state index in [1.807, 2.05) is 16.8 Å². The molecule has 0 aliphatic rings. The predicted molar refractivity (Wildman–Crippen MR) is 55.2 cm³/mol. The second-order valence-electron chi connectivity index (χ2n) is 2.57. The van der Waals surface area contributed by atoms with Gasteiger partial charge in [-0.05, 0) is 28.5 Å². The molecule has 2 aromatic rings. The molecule has 0 saturated carbocycles. The number of thiophene rings is 2. The van der Waals surface area contributed by atoms with Crippen molar-refractivity contribution in [3.8, 4) is 15.5 Å². The fourth-order valence-corrected chi connectivity index (χ4v) is 3.04. The van der Waals surface area contributed by atoms with Crippen LogP contribution in [0.2, 0.25) is 0 Å². The predicted octanol–water partition coefficient (Wildman–Crippen LogP) is 2.67. The topological polar surface area (TPSA) is 40.5 Å². The first-order chi connectivity index (χ1) is 6.33. The lowest BCUT2D eigenvalue weighted by Crippen LogP contribution is -1.80. The van der Waals surface area contributed by atoms with E-state index in [0.717, 1.165) is 15.3 Å². The van der Waals surface area contributed by atoms with Crippen LogP contribution in [0.5, 0.6) is 5.75 Å². The molecular formula is C9H8O2S2. The molecule has 0 saturated heterocycles. The van der Waals surface area contributed by atoms with Gasteiger partial charge in [-0.1, -0.05) is 0 Å². The molecule has 0 unspecified atom stereocenters. The summed E-state index contributed by atoms with van der Waals surface area (Å²) in [4.78, 5) is 1.81. The highest BCUT2D eigenvalue weighted by molar-refractivity contribution is 7.20. The van der Waals surface area contributed by atoms with Gasteiger partial charge in [0, 0.05) is 0 Å². The fraction of sp³-hybridized carbons (Fsp3) is 0.111. The summed E-state index contributed by atoms with van der Waals surface area (Å²) in [6, 6.07) is 3.54. The Balaban J connectivity index is 2.52. The van der Waals surface area contributed by atoms with Crippen LogP contribution in [0, 0.1) is 0 Å². The first-order valence-corrected chi connectivity index (χ1v) is 5.53. The van der Waals surface area contributed by atoms with Crippen molar-refractivity contribution in [2.24, 2.45) is 0 Å². The summed E-state index contributed by atoms with van der Waals surface area (Å²) in [6.07, 6.45) is 0. The van der Waals surface area contributed by atoms with Crippen LogP contribution in [0.15, 0.2) is 22.9 Å². The second kappa shape index (κ2) is 3.49. The molecule has 0 atom stereocenters. The first kappa shape index (κ1) is 8.74. The minimum absolute atomic E-state index is 0.0240. The summed E-state index contributed by atoms with van der Waals surface area (Å²) in [5, 5.41) is 22.3. The molecule has 2 heterocycles. The van der Waals surface area contributed by atoms with E-state index in [4.69, 9.17) is 5.11 Å². The summed E-state index contributed by atoms with van der Waals surface area (Å²) < 4.78 is 0. The van der Waals surface area contributed by atoms with Gasteiger partial charge in [-0.3, -0.25) is 0 Å². The van der Waals surface area contributed by atoms with E-state index in [2.05, 4.69) is 0 Å². The highest BCUT2D eigenvalue weighted by atomic mass is 32.1. The van der Waals surface area contributed by atoms with E-state index >= 15 is 0 Å². The fourth-order valence-electron chi connectivity index (χ4n) is 1.13. The smallest absolute Gasteiger partial charge is 0.135 e. The minimum Gasteiger partial charge on any atom is -0.506 e. The Bertz CT molecular complexity index is 403. The van der Waals surface area contributed by atoms with Crippen LogP contribution in [-0.4, -0.2) is 10.2 Å². The molecule has 0 aliphatic heterocycles. The average molecular weight is 212 g/mol. The molecule has 0 spiro atoms. The summed E-state index contributed by atoms with van der Waals surface area (Å²) in [5.41, 5.74) is 0.878. The molecule has 2 nitrogen and oxygen atoms in total. The molecule has 0 aromatic carbocycles. The van der Waals surface area contributed by atoms with Crippen LogP contribution in [0.1, 0.15) is 5.56 Å². The van der Waals surface area contributed by atoms with E-state index in [1.165, 1.54) is 22.7 Å². The lowest BCUT2D eigenvalue weighted by atomic mass is 10.2. The van der Waals surface area contributed by atoms with Gasteiger partial charge in [0.1, 0.15) is 5.75 Å². The lowest BCUT2D eigenvalue weighted by molar-refractivity contribution is 0.283. The highest BCUT2D eigenvalue weighted by Crippen LogP contribution is 2.39. The SMILES string of the molecule is OCc1ccsc1-c1sccc1O. The normalized spacial score (nSPS) is 10.5. The van der Waals surface area contributed by atoms with E-state index in [-0.39, 0.29) is 6.61 Å². The van der Waals surface area contributed by atoms with Crippen molar-refractivity contribution in [3.63, 3.8) is 0 Å². The van der Waals surface area contributed by atoms with Gasteiger partial charge < -0.3 is 10.2 Å². The Morgan fingerprint density at radius 1 is 1.08 bits per heavy atom. The van der Waals surface area contributed by atoms with Gasteiger partial charge in [0.25, 0.3) is 0 Å². The third-order valence-corrected chi connectivity index (χ3v) is 3.79. The zero-order valence-corrected chi connectivity index (χ0v) is 8.36. The summed E-state index contributed by atoms with van der Waals surface area (Å²) in [6.45, 7) is 0.0240. The van der Waals surface area contributed by atoms with Crippen molar-refractivity contribution in [1.29, 1.82) is 0 Å². The van der Waals surface area contributed by atoms with Crippen LogP contribution in [0.3, 0.4) is 0 Å². The van der Waals surface area contributed by atoms with E-state index in [0.29, 0.717) is 5.75 Å². The van der Waals surface area contributed by atoms with Crippen molar-refractivity contribution < 1.29 is 10.2 Å². The summed E-state index contributed by atoms with van der Waals surface area (Å²) in [5.74, 6) is 0.294. The number of rotatable bonds is 2. The van der Waals surface area contributed by atoms with Crippen LogP contribution in [-0.2, 0) is 6.61 Å². The van der Waals surface area contributed by atoms with Crippen molar-refractivity contribution in [2.75, 3.05) is 0 Å². The molecule has 0 bridgehead atoms. The molecule has 2 aromatic heterocycles. The number of hydrogen-bond acceptors (Lipinski definition) is 4. The Kier molecular flexibility index (Phi) is 2.35. The molecule has 0 aliphatic carbocycles. The Morgan fingerprint density at radius 2 is 1.77 bits per heavy atom. The van der Waals surface area contributed by atoms with Gasteiger partial charge in [0.05, 0.1) is 16.4 Å². The number of aliphatic hydroxyl groups is 1. The van der Waals surface area contributed by atoms with Crippen LogP contribution < -0.4 is 0 Å². The molecule has 4 heteroatoms. The van der Waals surface area contributed by atoms with Crippen LogP contribution in [0.4, 0.5) is 0 Å². The van der Waals surface area contributed by atoms with Gasteiger partial charge in [-0.25, -0.2) is 0 Å². The molecule has 68 valence electrons. The monoisotopic (exact) mass is 212 g/mol. The number of aliphatic hydroxyl groups excluding tert-OH is 1. The average Bonchev–Trinajstić information content (AvgIpc) is 2.71. The maximum Gasteiger partial charge on any atom is 0.135 e. The van der Waals surface area contributed by atoms with Crippen molar-refractivity contribution >= 4 is 22.7 Å². The summed E-state index contributed by atoms with van der Waals surface area (Å²) >= 11 is 3.02. The molecule has 0 radical (unpaired) electrons. The van der Waals surface area contributed by atoms with Crippen molar-refractivity contribution in [3.05, 3.63) is 28.5 Å². The van der Waals surface area contributed by atoms with Gasteiger partial charge in [-0.2, -0.15) is 0 Å². The standard InChI is InChI=1S/C9H8O2S2/c10-5-6-1-3-12-8(6)9-7(11)2-4-13-9/h1-4,10-11H,5H2. The molecule has 2 rings (SSSR count). The number of hydrogen-bond donors (Lipinski definition) is 2. The van der Waals surface area contributed by atoms with Crippen LogP contribution >= 0.6 is 22.7 Å². The first-order valence-electron chi connectivity index (χ1n) is 3.77.